The third kappa shape index (κ3) is 2.53. The van der Waals surface area contributed by atoms with E-state index < -0.39 is 10.0 Å². The van der Waals surface area contributed by atoms with Crippen molar-refractivity contribution < 1.29 is 8.42 Å². The summed E-state index contributed by atoms with van der Waals surface area (Å²) in [5, 5.41) is 12.5. The molecule has 0 fully saturated rings. The number of tetrazole rings is 1. The largest absolute Gasteiger partial charge is 0.279 e. The van der Waals surface area contributed by atoms with Crippen LogP contribution in [0, 0.1) is 0 Å². The van der Waals surface area contributed by atoms with Gasteiger partial charge in [-0.1, -0.05) is 6.07 Å². The summed E-state index contributed by atoms with van der Waals surface area (Å²) in [4.78, 5) is 0. The molecule has 9 heteroatoms. The fraction of sp³-hybridized carbons (Fsp3) is 0. The lowest BCUT2D eigenvalue weighted by Gasteiger charge is -2.07. The van der Waals surface area contributed by atoms with E-state index in [0.29, 0.717) is 5.69 Å². The lowest BCUT2D eigenvalue weighted by atomic mass is 10.3. The molecule has 0 bridgehead atoms. The Kier molecular flexibility index (Phi) is 3.20. The molecule has 0 saturated heterocycles. The van der Waals surface area contributed by atoms with Crippen LogP contribution in [-0.2, 0) is 10.0 Å². The molecule has 2 heterocycles. The molecule has 102 valence electrons. The second-order valence-corrected chi connectivity index (χ2v) is 6.70. The Morgan fingerprint density at radius 3 is 2.55 bits per heavy atom. The van der Waals surface area contributed by atoms with Gasteiger partial charge < -0.3 is 0 Å². The molecule has 0 atom stereocenters. The molecule has 0 aliphatic rings. The van der Waals surface area contributed by atoms with Crippen LogP contribution >= 0.6 is 11.3 Å². The summed E-state index contributed by atoms with van der Waals surface area (Å²) in [6, 6.07) is 10.0. The van der Waals surface area contributed by atoms with Crippen molar-refractivity contribution in [3.05, 3.63) is 48.1 Å². The van der Waals surface area contributed by atoms with Gasteiger partial charge in [0, 0.05) is 5.69 Å². The molecule has 0 saturated carbocycles. The smallest absolute Gasteiger partial charge is 0.271 e. The molecule has 1 N–H and O–H groups in total. The highest BCUT2D eigenvalue weighted by Gasteiger charge is 2.14. The van der Waals surface area contributed by atoms with Crippen molar-refractivity contribution in [1.82, 2.24) is 20.2 Å². The first-order chi connectivity index (χ1) is 9.65. The normalized spacial score (nSPS) is 11.4. The molecule has 2 aromatic heterocycles. The molecule has 7 nitrogen and oxygen atoms in total. The summed E-state index contributed by atoms with van der Waals surface area (Å²) in [6.45, 7) is 0. The van der Waals surface area contributed by atoms with E-state index in [0.717, 1.165) is 5.69 Å². The zero-order valence-electron chi connectivity index (χ0n) is 10.0. The van der Waals surface area contributed by atoms with E-state index in [2.05, 4.69) is 20.2 Å². The number of hydrogen-bond acceptors (Lipinski definition) is 6. The van der Waals surface area contributed by atoms with E-state index in [9.17, 15) is 8.42 Å². The lowest BCUT2D eigenvalue weighted by Crippen LogP contribution is -2.11. The monoisotopic (exact) mass is 307 g/mol. The van der Waals surface area contributed by atoms with E-state index in [1.807, 2.05) is 0 Å². The van der Waals surface area contributed by atoms with Crippen LogP contribution in [-0.4, -0.2) is 28.6 Å². The molecule has 3 aromatic rings. The van der Waals surface area contributed by atoms with Gasteiger partial charge in [-0.3, -0.25) is 4.72 Å². The minimum atomic E-state index is -3.52. The molecule has 0 unspecified atom stereocenters. The van der Waals surface area contributed by atoms with E-state index in [4.69, 9.17) is 0 Å². The molecular weight excluding hydrogens is 298 g/mol. The highest BCUT2D eigenvalue weighted by atomic mass is 32.2. The maximum Gasteiger partial charge on any atom is 0.271 e. The van der Waals surface area contributed by atoms with Crippen LogP contribution in [0.5, 0.6) is 0 Å². The van der Waals surface area contributed by atoms with Gasteiger partial charge in [0.05, 0.1) is 5.69 Å². The Hall–Kier alpha value is -2.26. The molecule has 0 radical (unpaired) electrons. The average Bonchev–Trinajstić information content (AvgIpc) is 3.13. The second-order valence-electron chi connectivity index (χ2n) is 3.84. The van der Waals surface area contributed by atoms with Crippen LogP contribution in [0.3, 0.4) is 0 Å². The van der Waals surface area contributed by atoms with Gasteiger partial charge in [-0.15, -0.1) is 16.4 Å². The highest BCUT2D eigenvalue weighted by molar-refractivity contribution is 7.94. The van der Waals surface area contributed by atoms with E-state index >= 15 is 0 Å². The molecule has 0 aliphatic heterocycles. The van der Waals surface area contributed by atoms with Gasteiger partial charge in [0.15, 0.2) is 0 Å². The zero-order valence-corrected chi connectivity index (χ0v) is 11.7. The SMILES string of the molecule is O=S(=O)(Nc1ccc(-n2cnnn2)cc1)c1cccs1. The Bertz CT molecular complexity index is 780. The first-order valence-corrected chi connectivity index (χ1v) is 7.91. The van der Waals surface area contributed by atoms with Crippen molar-refractivity contribution in [2.24, 2.45) is 0 Å². The third-order valence-electron chi connectivity index (χ3n) is 2.49. The fourth-order valence-corrected chi connectivity index (χ4v) is 3.64. The summed E-state index contributed by atoms with van der Waals surface area (Å²) >= 11 is 1.17. The number of hydrogen-bond donors (Lipinski definition) is 1. The number of benzene rings is 1. The lowest BCUT2D eigenvalue weighted by molar-refractivity contribution is 0.603. The summed E-state index contributed by atoms with van der Waals surface area (Å²) in [6.07, 6.45) is 1.46. The van der Waals surface area contributed by atoms with Crippen molar-refractivity contribution >= 4 is 27.0 Å². The van der Waals surface area contributed by atoms with Gasteiger partial charge in [-0.05, 0) is 46.1 Å². The first kappa shape index (κ1) is 12.8. The Labute approximate surface area is 118 Å². The summed E-state index contributed by atoms with van der Waals surface area (Å²) in [5.41, 5.74) is 1.23. The number of rotatable bonds is 4. The Morgan fingerprint density at radius 2 is 1.95 bits per heavy atom. The van der Waals surface area contributed by atoms with Crippen molar-refractivity contribution in [3.63, 3.8) is 0 Å². The number of thiophene rings is 1. The molecular formula is C11H9N5O2S2. The predicted molar refractivity (Wildman–Crippen MR) is 74.3 cm³/mol. The van der Waals surface area contributed by atoms with Gasteiger partial charge in [-0.2, -0.15) is 0 Å². The third-order valence-corrected chi connectivity index (χ3v) is 5.27. The van der Waals surface area contributed by atoms with Gasteiger partial charge in [0.1, 0.15) is 10.5 Å². The van der Waals surface area contributed by atoms with Gasteiger partial charge in [0.2, 0.25) is 0 Å². The maximum atomic E-state index is 12.0. The standard InChI is InChI=1S/C11H9N5O2S2/c17-20(18,11-2-1-7-19-11)13-9-3-5-10(6-4-9)16-8-12-14-15-16/h1-8,13H. The van der Waals surface area contributed by atoms with Crippen LogP contribution in [0.2, 0.25) is 0 Å². The van der Waals surface area contributed by atoms with Crippen LogP contribution in [0.1, 0.15) is 0 Å². The number of nitrogens with one attached hydrogen (secondary N) is 1. The molecule has 1 aromatic carbocycles. The Morgan fingerprint density at radius 1 is 1.15 bits per heavy atom. The Balaban J connectivity index is 1.83. The number of anilines is 1. The fourth-order valence-electron chi connectivity index (χ4n) is 1.58. The minimum absolute atomic E-state index is 0.280. The van der Waals surface area contributed by atoms with Crippen LogP contribution in [0.15, 0.2) is 52.3 Å². The summed E-state index contributed by atoms with van der Waals surface area (Å²) in [7, 11) is -3.52. The van der Waals surface area contributed by atoms with E-state index in [1.165, 1.54) is 22.3 Å². The average molecular weight is 307 g/mol. The van der Waals surface area contributed by atoms with Gasteiger partial charge >= 0.3 is 0 Å². The van der Waals surface area contributed by atoms with Gasteiger partial charge in [-0.25, -0.2) is 13.1 Å². The highest BCUT2D eigenvalue weighted by Crippen LogP contribution is 2.20. The summed E-state index contributed by atoms with van der Waals surface area (Å²) in [5.74, 6) is 0. The zero-order chi connectivity index (χ0) is 14.0. The first-order valence-electron chi connectivity index (χ1n) is 5.55. The van der Waals surface area contributed by atoms with Crippen molar-refractivity contribution in [1.29, 1.82) is 0 Å². The topological polar surface area (TPSA) is 89.8 Å². The number of sulfonamides is 1. The van der Waals surface area contributed by atoms with Crippen LogP contribution < -0.4 is 4.72 Å². The van der Waals surface area contributed by atoms with E-state index in [-0.39, 0.29) is 4.21 Å². The molecule has 0 aliphatic carbocycles. The summed E-state index contributed by atoms with van der Waals surface area (Å²) < 4.78 is 28.4. The van der Waals surface area contributed by atoms with Crippen LogP contribution in [0.4, 0.5) is 5.69 Å². The van der Waals surface area contributed by atoms with Crippen molar-refractivity contribution in [2.45, 2.75) is 4.21 Å². The van der Waals surface area contributed by atoms with Gasteiger partial charge in [0.25, 0.3) is 10.0 Å². The van der Waals surface area contributed by atoms with Crippen LogP contribution in [0.25, 0.3) is 5.69 Å². The quantitative estimate of drug-likeness (QED) is 0.789. The number of nitrogens with zero attached hydrogens (tertiary/aromatic N) is 4. The molecule has 0 spiro atoms. The predicted octanol–water partition coefficient (Wildman–Crippen LogP) is 1.52. The van der Waals surface area contributed by atoms with Crippen molar-refractivity contribution in [3.8, 4) is 5.69 Å². The molecule has 0 amide bonds. The molecule has 3 rings (SSSR count). The van der Waals surface area contributed by atoms with Crippen molar-refractivity contribution in [2.75, 3.05) is 4.72 Å². The number of aromatic nitrogens is 4. The van der Waals surface area contributed by atoms with E-state index in [1.54, 1.807) is 41.8 Å². The minimum Gasteiger partial charge on any atom is -0.279 e. The maximum absolute atomic E-state index is 12.0. The molecule has 20 heavy (non-hydrogen) atoms. The second kappa shape index (κ2) is 5.02.